The largest absolute Gasteiger partial charge is 0.495 e. The van der Waals surface area contributed by atoms with Gasteiger partial charge in [0.25, 0.3) is 5.91 Å². The number of amides is 1. The number of hydrogen-bond donors (Lipinski definition) is 2. The number of rotatable bonds is 5. The Morgan fingerprint density at radius 1 is 1.35 bits per heavy atom. The van der Waals surface area contributed by atoms with Crippen LogP contribution in [0.3, 0.4) is 0 Å². The molecule has 1 aliphatic rings. The summed E-state index contributed by atoms with van der Waals surface area (Å²) in [4.78, 5) is 27.2. The van der Waals surface area contributed by atoms with Crippen molar-refractivity contribution in [2.24, 2.45) is 5.41 Å². The second kappa shape index (κ2) is 5.77. The number of carbonyl (C=O) groups excluding carboxylic acids is 2. The quantitative estimate of drug-likeness (QED) is 0.822. The van der Waals surface area contributed by atoms with Crippen molar-refractivity contribution in [1.82, 2.24) is 10.3 Å². The van der Waals surface area contributed by atoms with E-state index in [1.807, 2.05) is 0 Å². The number of benzene rings is 1. The second-order valence-corrected chi connectivity index (χ2v) is 6.10. The molecule has 1 aromatic carbocycles. The van der Waals surface area contributed by atoms with Crippen molar-refractivity contribution in [2.45, 2.75) is 12.8 Å². The number of nitrogens with one attached hydrogen (secondary N) is 2. The van der Waals surface area contributed by atoms with E-state index < -0.39 is 5.41 Å². The average Bonchev–Trinajstić information content (AvgIpc) is 3.24. The van der Waals surface area contributed by atoms with E-state index in [-0.39, 0.29) is 18.4 Å². The van der Waals surface area contributed by atoms with Crippen LogP contribution >= 0.6 is 11.6 Å². The number of aromatic nitrogens is 1. The first-order chi connectivity index (χ1) is 11.0. The second-order valence-electron chi connectivity index (χ2n) is 5.69. The summed E-state index contributed by atoms with van der Waals surface area (Å²) in [6, 6.07) is 3.43. The van der Waals surface area contributed by atoms with Crippen molar-refractivity contribution in [3.05, 3.63) is 28.9 Å². The van der Waals surface area contributed by atoms with Crippen molar-refractivity contribution in [3.63, 3.8) is 0 Å². The van der Waals surface area contributed by atoms with Gasteiger partial charge in [-0.05, 0) is 25.0 Å². The van der Waals surface area contributed by atoms with Crippen LogP contribution in [0.15, 0.2) is 18.3 Å². The molecule has 6 nitrogen and oxygen atoms in total. The maximum Gasteiger partial charge on any atom is 0.313 e. The fourth-order valence-electron chi connectivity index (χ4n) is 2.63. The molecule has 7 heteroatoms. The van der Waals surface area contributed by atoms with Crippen molar-refractivity contribution in [1.29, 1.82) is 0 Å². The summed E-state index contributed by atoms with van der Waals surface area (Å²) in [5, 5.41) is 4.00. The minimum Gasteiger partial charge on any atom is -0.495 e. The predicted octanol–water partition coefficient (Wildman–Crippen LogP) is 2.51. The molecule has 1 amide bonds. The van der Waals surface area contributed by atoms with Crippen molar-refractivity contribution < 1.29 is 19.1 Å². The molecule has 0 atom stereocenters. The Bertz CT molecular complexity index is 780. The summed E-state index contributed by atoms with van der Waals surface area (Å²) in [6.45, 7) is 0.274. The van der Waals surface area contributed by atoms with Crippen LogP contribution in [0.2, 0.25) is 5.02 Å². The summed E-state index contributed by atoms with van der Waals surface area (Å²) >= 11 is 6.08. The molecule has 3 rings (SSSR count). The fourth-order valence-corrected chi connectivity index (χ4v) is 2.87. The van der Waals surface area contributed by atoms with E-state index in [1.54, 1.807) is 18.3 Å². The molecular weight excluding hydrogens is 320 g/mol. The Morgan fingerprint density at radius 2 is 2.09 bits per heavy atom. The molecule has 1 aromatic heterocycles. The average molecular weight is 337 g/mol. The van der Waals surface area contributed by atoms with Crippen LogP contribution in [0.5, 0.6) is 5.75 Å². The molecule has 23 heavy (non-hydrogen) atoms. The molecule has 2 N–H and O–H groups in total. The maximum atomic E-state index is 12.4. The number of halogens is 1. The highest BCUT2D eigenvalue weighted by Crippen LogP contribution is 2.46. The number of ether oxygens (including phenoxy) is 2. The topological polar surface area (TPSA) is 80.4 Å². The van der Waals surface area contributed by atoms with Gasteiger partial charge < -0.3 is 19.8 Å². The van der Waals surface area contributed by atoms with Crippen LogP contribution in [-0.4, -0.2) is 37.6 Å². The van der Waals surface area contributed by atoms with E-state index in [0.717, 1.165) is 18.4 Å². The SMILES string of the molecule is COC(=O)C1(CNC(=O)c2c[nH]c3cc(Cl)c(OC)cc23)CC1. The Kier molecular flexibility index (Phi) is 3.93. The monoisotopic (exact) mass is 336 g/mol. The lowest BCUT2D eigenvalue weighted by atomic mass is 10.1. The Labute approximate surface area is 138 Å². The van der Waals surface area contributed by atoms with Crippen LogP contribution in [0.25, 0.3) is 10.9 Å². The molecule has 0 radical (unpaired) electrons. The number of aromatic amines is 1. The molecule has 1 fully saturated rings. The minimum absolute atomic E-state index is 0.254. The number of H-pyrrole nitrogens is 1. The highest BCUT2D eigenvalue weighted by atomic mass is 35.5. The van der Waals surface area contributed by atoms with Gasteiger partial charge in [-0.25, -0.2) is 0 Å². The number of carbonyl (C=O) groups is 2. The first-order valence-corrected chi connectivity index (χ1v) is 7.60. The van der Waals surface area contributed by atoms with Gasteiger partial charge >= 0.3 is 5.97 Å². The van der Waals surface area contributed by atoms with Crippen molar-refractivity contribution in [3.8, 4) is 5.75 Å². The van der Waals surface area contributed by atoms with Crippen LogP contribution in [-0.2, 0) is 9.53 Å². The molecule has 0 saturated heterocycles. The Balaban J connectivity index is 1.80. The zero-order chi connectivity index (χ0) is 16.6. The number of hydrogen-bond acceptors (Lipinski definition) is 4. The molecule has 0 spiro atoms. The van der Waals surface area contributed by atoms with Crippen LogP contribution in [0.1, 0.15) is 23.2 Å². The van der Waals surface area contributed by atoms with E-state index in [4.69, 9.17) is 21.1 Å². The van der Waals surface area contributed by atoms with Gasteiger partial charge in [-0.3, -0.25) is 9.59 Å². The third-order valence-corrected chi connectivity index (χ3v) is 4.55. The van der Waals surface area contributed by atoms with Crippen LogP contribution in [0.4, 0.5) is 0 Å². The number of fused-ring (bicyclic) bond motifs is 1. The van der Waals surface area contributed by atoms with Crippen LogP contribution < -0.4 is 10.1 Å². The first kappa shape index (κ1) is 15.7. The maximum absolute atomic E-state index is 12.4. The lowest BCUT2D eigenvalue weighted by Gasteiger charge is -2.13. The standard InChI is InChI=1S/C16H17ClN2O4/c1-22-13-5-9-10(7-18-12(9)6-11(13)17)14(20)19-8-16(3-4-16)15(21)23-2/h5-7,18H,3-4,8H2,1-2H3,(H,19,20). The van der Waals surface area contributed by atoms with Gasteiger partial charge in [0.15, 0.2) is 0 Å². The summed E-state index contributed by atoms with van der Waals surface area (Å²) in [7, 11) is 2.88. The molecular formula is C16H17ClN2O4. The molecule has 1 heterocycles. The third kappa shape index (κ3) is 2.74. The van der Waals surface area contributed by atoms with E-state index in [2.05, 4.69) is 10.3 Å². The van der Waals surface area contributed by atoms with Crippen LogP contribution in [0, 0.1) is 5.41 Å². The predicted molar refractivity (Wildman–Crippen MR) is 85.9 cm³/mol. The van der Waals surface area contributed by atoms with Gasteiger partial charge in [0, 0.05) is 23.6 Å². The zero-order valence-electron chi connectivity index (χ0n) is 12.9. The first-order valence-electron chi connectivity index (χ1n) is 7.22. The number of methoxy groups -OCH3 is 2. The van der Waals surface area contributed by atoms with Gasteiger partial charge in [-0.2, -0.15) is 0 Å². The minimum atomic E-state index is -0.558. The molecule has 0 bridgehead atoms. The van der Waals surface area contributed by atoms with Crippen molar-refractivity contribution >= 4 is 34.4 Å². The Hall–Kier alpha value is -2.21. The molecule has 122 valence electrons. The summed E-state index contributed by atoms with van der Waals surface area (Å²) in [5.74, 6) is -0.0259. The lowest BCUT2D eigenvalue weighted by molar-refractivity contribution is -0.146. The Morgan fingerprint density at radius 3 is 2.70 bits per heavy atom. The highest BCUT2D eigenvalue weighted by Gasteiger charge is 2.51. The van der Waals surface area contributed by atoms with E-state index in [0.29, 0.717) is 21.7 Å². The molecule has 0 unspecified atom stereocenters. The molecule has 2 aromatic rings. The van der Waals surface area contributed by atoms with Gasteiger partial charge in [0.2, 0.25) is 0 Å². The molecule has 1 saturated carbocycles. The zero-order valence-corrected chi connectivity index (χ0v) is 13.6. The van der Waals surface area contributed by atoms with E-state index in [1.165, 1.54) is 14.2 Å². The van der Waals surface area contributed by atoms with E-state index >= 15 is 0 Å². The van der Waals surface area contributed by atoms with Crippen molar-refractivity contribution in [2.75, 3.05) is 20.8 Å². The smallest absolute Gasteiger partial charge is 0.313 e. The third-order valence-electron chi connectivity index (χ3n) is 4.26. The van der Waals surface area contributed by atoms with Gasteiger partial charge in [-0.1, -0.05) is 11.6 Å². The fraction of sp³-hybridized carbons (Fsp3) is 0.375. The summed E-state index contributed by atoms with van der Waals surface area (Å²) in [5.41, 5.74) is 0.669. The number of esters is 1. The van der Waals surface area contributed by atoms with Gasteiger partial charge in [0.1, 0.15) is 5.75 Å². The van der Waals surface area contributed by atoms with Gasteiger partial charge in [0.05, 0.1) is 30.2 Å². The van der Waals surface area contributed by atoms with E-state index in [9.17, 15) is 9.59 Å². The lowest BCUT2D eigenvalue weighted by Crippen LogP contribution is -2.34. The molecule has 0 aliphatic heterocycles. The molecule has 1 aliphatic carbocycles. The summed E-state index contributed by atoms with van der Waals surface area (Å²) < 4.78 is 9.98. The van der Waals surface area contributed by atoms with Gasteiger partial charge in [-0.15, -0.1) is 0 Å². The summed E-state index contributed by atoms with van der Waals surface area (Å²) in [6.07, 6.45) is 3.09. The highest BCUT2D eigenvalue weighted by molar-refractivity contribution is 6.33. The normalized spacial score (nSPS) is 15.3.